The predicted octanol–water partition coefficient (Wildman–Crippen LogP) is -0.165. The molecule has 8 fully saturated rings. The Morgan fingerprint density at radius 3 is 1.74 bits per heavy atom. The quantitative estimate of drug-likeness (QED) is 0.324. The van der Waals surface area contributed by atoms with E-state index >= 15 is 0 Å². The van der Waals surface area contributed by atoms with Crippen molar-refractivity contribution in [2.24, 2.45) is 5.92 Å². The minimum atomic E-state index is -0.250. The van der Waals surface area contributed by atoms with E-state index < -0.39 is 0 Å². The first-order valence-electron chi connectivity index (χ1n) is 20.7. The maximum atomic E-state index is 11.8. The van der Waals surface area contributed by atoms with Gasteiger partial charge >= 0.3 is 6.03 Å². The van der Waals surface area contributed by atoms with Gasteiger partial charge in [0.25, 0.3) is 0 Å². The van der Waals surface area contributed by atoms with Crippen molar-refractivity contribution in [3.05, 3.63) is 12.3 Å². The van der Waals surface area contributed by atoms with Gasteiger partial charge in [-0.3, -0.25) is 33.8 Å². The first kappa shape index (κ1) is 45.9. The Bertz CT molecular complexity index is 1430. The third kappa shape index (κ3) is 12.4. The van der Waals surface area contributed by atoms with Crippen molar-refractivity contribution >= 4 is 35.6 Å². The van der Waals surface area contributed by atoms with E-state index in [0.29, 0.717) is 32.2 Å². The lowest BCUT2D eigenvalue weighted by Gasteiger charge is -2.44. The standard InChI is InChI=1S/C10H16N2O.C9H15N3O2.C9H17N3O.C6H11NO2.C6H11NO/c1-7-4-5-9-8(2)11(3)10(13)12(9)6-7;1-10-3-4-12-7(5-10)9(14)11(2)6-8(12)13;1-10-3-5-12-6-4-11(2)9(13)8(12)7-10;1-6(8)7-2-4-9-5-3-7;1-6(8)7-4-2-3-5-7/h7,9H,2,4-6H2,1,3H3;7H,3-6H2,1-2H3;8H,3-7H2,1-2H3;2-5H2,1H3;2-5H2,1H3. The smallest absolute Gasteiger partial charge is 0.324 e. The van der Waals surface area contributed by atoms with Gasteiger partial charge in [0, 0.05) is 126 Å². The lowest BCUT2D eigenvalue weighted by molar-refractivity contribution is -0.157. The molecule has 8 aliphatic rings. The van der Waals surface area contributed by atoms with Gasteiger partial charge in [-0.05, 0) is 45.7 Å². The SMILES string of the molecule is C=C1C2CCC(C)CN2C(=O)N1C.CC(=O)N1CCCC1.CC(=O)N1CCOCC1.CN1CCN2C(=O)CN(C)C(=O)C2C1.CN1CCN2CCN(C)C(=O)C2C1. The number of amides is 7. The minimum Gasteiger partial charge on any atom is -0.378 e. The van der Waals surface area contributed by atoms with Gasteiger partial charge in [0.1, 0.15) is 12.1 Å². The predicted molar refractivity (Wildman–Crippen MR) is 217 cm³/mol. The number of fused-ring (bicyclic) bond motifs is 3. The first-order chi connectivity index (χ1) is 27.0. The zero-order chi connectivity index (χ0) is 42.0. The molecule has 0 aromatic carbocycles. The summed E-state index contributed by atoms with van der Waals surface area (Å²) in [6.07, 6.45) is 4.68. The summed E-state index contributed by atoms with van der Waals surface area (Å²) in [5.41, 5.74) is 0.969. The second-order valence-corrected chi connectivity index (χ2v) is 16.6. The first-order valence-corrected chi connectivity index (χ1v) is 20.7. The molecule has 8 aliphatic heterocycles. The second-order valence-electron chi connectivity index (χ2n) is 16.6. The van der Waals surface area contributed by atoms with Crippen LogP contribution in [0.25, 0.3) is 0 Å². The van der Waals surface area contributed by atoms with Crippen molar-refractivity contribution in [2.75, 3.05) is 140 Å². The van der Waals surface area contributed by atoms with E-state index in [1.54, 1.807) is 35.6 Å². The Morgan fingerprint density at radius 2 is 1.16 bits per heavy atom. The van der Waals surface area contributed by atoms with Crippen LogP contribution in [-0.2, 0) is 28.7 Å². The number of hydrogen-bond acceptors (Lipinski definition) is 10. The summed E-state index contributed by atoms with van der Waals surface area (Å²) >= 11 is 0. The Hall–Kier alpha value is -3.80. The number of morpholine rings is 1. The zero-order valence-electron chi connectivity index (χ0n) is 36.0. The molecule has 0 bridgehead atoms. The summed E-state index contributed by atoms with van der Waals surface area (Å²) in [5.74, 6) is 1.44. The van der Waals surface area contributed by atoms with Crippen LogP contribution < -0.4 is 0 Å². The number of rotatable bonds is 0. The third-order valence-corrected chi connectivity index (χ3v) is 12.2. The van der Waals surface area contributed by atoms with E-state index in [2.05, 4.69) is 35.3 Å². The van der Waals surface area contributed by atoms with Gasteiger partial charge in [-0.25, -0.2) is 4.79 Å². The van der Waals surface area contributed by atoms with Gasteiger partial charge in [0.2, 0.25) is 29.5 Å². The number of likely N-dealkylation sites (N-methyl/N-ethyl adjacent to an activating group) is 5. The highest BCUT2D eigenvalue weighted by molar-refractivity contribution is 5.95. The maximum Gasteiger partial charge on any atom is 0.324 e. The molecule has 57 heavy (non-hydrogen) atoms. The van der Waals surface area contributed by atoms with Crippen molar-refractivity contribution in [2.45, 2.75) is 64.6 Å². The van der Waals surface area contributed by atoms with Gasteiger partial charge in [0.05, 0.1) is 25.8 Å². The van der Waals surface area contributed by atoms with E-state index in [0.717, 1.165) is 84.1 Å². The fraction of sp³-hybridized carbons (Fsp3) is 0.800. The van der Waals surface area contributed by atoms with Crippen molar-refractivity contribution in [1.29, 1.82) is 0 Å². The average molecular weight is 803 g/mol. The largest absolute Gasteiger partial charge is 0.378 e. The normalized spacial score (nSPS) is 28.1. The lowest BCUT2D eigenvalue weighted by Crippen LogP contribution is -2.65. The number of urea groups is 1. The summed E-state index contributed by atoms with van der Waals surface area (Å²) in [7, 11) is 9.46. The molecule has 0 N–H and O–H groups in total. The van der Waals surface area contributed by atoms with Crippen LogP contribution in [-0.4, -0.2) is 243 Å². The van der Waals surface area contributed by atoms with E-state index in [1.165, 1.54) is 24.2 Å². The highest BCUT2D eigenvalue weighted by Gasteiger charge is 2.42. The van der Waals surface area contributed by atoms with E-state index in [4.69, 9.17) is 4.74 Å². The fourth-order valence-electron chi connectivity index (χ4n) is 8.32. The highest BCUT2D eigenvalue weighted by Crippen LogP contribution is 2.33. The van der Waals surface area contributed by atoms with Gasteiger partial charge in [0.15, 0.2) is 0 Å². The molecule has 0 aromatic heterocycles. The molecule has 17 nitrogen and oxygen atoms in total. The molecule has 8 heterocycles. The number of ether oxygens (including phenoxy) is 1. The average Bonchev–Trinajstić information content (AvgIpc) is 3.81. The van der Waals surface area contributed by atoms with Gasteiger partial charge in [-0.15, -0.1) is 0 Å². The molecular formula is C40H70N10O7. The van der Waals surface area contributed by atoms with Crippen LogP contribution in [0.3, 0.4) is 0 Å². The molecule has 4 atom stereocenters. The number of nitrogens with zero attached hydrogens (tertiary/aromatic N) is 10. The van der Waals surface area contributed by atoms with Crippen LogP contribution in [0, 0.1) is 5.92 Å². The van der Waals surface area contributed by atoms with Crippen molar-refractivity contribution in [3.8, 4) is 0 Å². The van der Waals surface area contributed by atoms with Gasteiger partial charge in [-0.1, -0.05) is 13.5 Å². The molecule has 7 amide bonds. The molecule has 0 aromatic rings. The molecule has 0 aliphatic carbocycles. The second kappa shape index (κ2) is 21.3. The molecule has 8 rings (SSSR count). The van der Waals surface area contributed by atoms with E-state index in [9.17, 15) is 28.8 Å². The molecule has 17 heteroatoms. The third-order valence-electron chi connectivity index (χ3n) is 12.2. The Kier molecular flexibility index (Phi) is 17.1. The number of carbonyl (C=O) groups is 6. The molecule has 0 saturated carbocycles. The molecule has 0 spiro atoms. The summed E-state index contributed by atoms with van der Waals surface area (Å²) < 4.78 is 5.06. The van der Waals surface area contributed by atoms with Crippen LogP contribution in [0.5, 0.6) is 0 Å². The maximum absolute atomic E-state index is 11.8. The van der Waals surface area contributed by atoms with Gasteiger partial charge in [-0.2, -0.15) is 0 Å². The summed E-state index contributed by atoms with van der Waals surface area (Å²) in [6, 6.07) is 0.285. The molecular weight excluding hydrogens is 733 g/mol. The molecule has 8 saturated heterocycles. The number of piperazine rings is 4. The lowest BCUT2D eigenvalue weighted by atomic mass is 9.94. The van der Waals surface area contributed by atoms with Crippen LogP contribution in [0.4, 0.5) is 4.79 Å². The molecule has 0 radical (unpaired) electrons. The topological polar surface area (TPSA) is 144 Å². The number of likely N-dealkylation sites (tertiary alicyclic amines) is 1. The minimum absolute atomic E-state index is 0.0659. The number of hydrogen-bond donors (Lipinski definition) is 0. The Labute approximate surface area is 340 Å². The number of piperidine rings is 1. The summed E-state index contributed by atoms with van der Waals surface area (Å²) in [5, 5.41) is 0. The van der Waals surface area contributed by atoms with Crippen molar-refractivity contribution < 1.29 is 33.5 Å². The van der Waals surface area contributed by atoms with Crippen LogP contribution >= 0.6 is 0 Å². The van der Waals surface area contributed by atoms with Crippen LogP contribution in [0.2, 0.25) is 0 Å². The fourth-order valence-corrected chi connectivity index (χ4v) is 8.32. The van der Waals surface area contributed by atoms with E-state index in [-0.39, 0.29) is 60.2 Å². The Balaban J connectivity index is 0.000000160. The van der Waals surface area contributed by atoms with E-state index in [1.807, 2.05) is 35.8 Å². The highest BCUT2D eigenvalue weighted by atomic mass is 16.5. The van der Waals surface area contributed by atoms with Crippen LogP contribution in [0.15, 0.2) is 12.3 Å². The van der Waals surface area contributed by atoms with Crippen LogP contribution in [0.1, 0.15) is 46.5 Å². The zero-order valence-corrected chi connectivity index (χ0v) is 36.0. The Morgan fingerprint density at radius 1 is 0.614 bits per heavy atom. The molecule has 4 unspecified atom stereocenters. The number of carbonyl (C=O) groups excluding carboxylic acids is 6. The monoisotopic (exact) mass is 803 g/mol. The molecule has 322 valence electrons. The van der Waals surface area contributed by atoms with Crippen molar-refractivity contribution in [1.82, 2.24) is 49.0 Å². The van der Waals surface area contributed by atoms with Gasteiger partial charge < -0.3 is 43.9 Å². The van der Waals surface area contributed by atoms with Crippen molar-refractivity contribution in [3.63, 3.8) is 0 Å². The summed E-state index contributed by atoms with van der Waals surface area (Å²) in [6.45, 7) is 22.5. The summed E-state index contributed by atoms with van der Waals surface area (Å²) in [4.78, 5) is 87.1.